The molecule has 108 valence electrons. The molecule has 1 aliphatic rings. The summed E-state index contributed by atoms with van der Waals surface area (Å²) in [6.07, 6.45) is 3.57. The van der Waals surface area contributed by atoms with Crippen molar-refractivity contribution in [3.8, 4) is 0 Å². The van der Waals surface area contributed by atoms with Crippen LogP contribution in [0, 0.1) is 5.92 Å². The molecule has 2 N–H and O–H groups in total. The zero-order valence-corrected chi connectivity index (χ0v) is 12.5. The van der Waals surface area contributed by atoms with E-state index in [1.54, 1.807) is 0 Å². The van der Waals surface area contributed by atoms with Gasteiger partial charge in [-0.2, -0.15) is 0 Å². The van der Waals surface area contributed by atoms with Crippen LogP contribution in [-0.2, 0) is 4.79 Å². The van der Waals surface area contributed by atoms with Gasteiger partial charge < -0.3 is 10.6 Å². The Balaban J connectivity index is 0.00000289. The zero-order chi connectivity index (χ0) is 12.7. The molecule has 18 heavy (non-hydrogen) atoms. The van der Waals surface area contributed by atoms with E-state index in [0.29, 0.717) is 12.5 Å². The van der Waals surface area contributed by atoms with Gasteiger partial charge in [-0.25, -0.2) is 0 Å². The number of likely N-dealkylation sites (tertiary alicyclic amines) is 1. The van der Waals surface area contributed by atoms with Gasteiger partial charge in [0.05, 0.1) is 6.54 Å². The summed E-state index contributed by atoms with van der Waals surface area (Å²) in [6.45, 7) is 9.16. The van der Waals surface area contributed by atoms with Crippen LogP contribution in [0.1, 0.15) is 33.1 Å². The van der Waals surface area contributed by atoms with Gasteiger partial charge in [0, 0.05) is 19.6 Å². The Labute approximate surface area is 117 Å². The van der Waals surface area contributed by atoms with E-state index in [0.717, 1.165) is 39.1 Å². The predicted molar refractivity (Wildman–Crippen MR) is 78.0 cm³/mol. The maximum Gasteiger partial charge on any atom is 0.236 e. The second kappa shape index (κ2) is 9.59. The van der Waals surface area contributed by atoms with Gasteiger partial charge in [0.25, 0.3) is 0 Å². The number of nitrogens with two attached hydrogens (primary N) is 1. The summed E-state index contributed by atoms with van der Waals surface area (Å²) in [5.74, 6) is 0.960. The number of halogens is 1. The van der Waals surface area contributed by atoms with E-state index in [4.69, 9.17) is 5.73 Å². The van der Waals surface area contributed by atoms with Gasteiger partial charge in [0.1, 0.15) is 0 Å². The first-order valence-electron chi connectivity index (χ1n) is 6.91. The minimum absolute atomic E-state index is 0. The normalized spacial score (nSPS) is 20.3. The zero-order valence-electron chi connectivity index (χ0n) is 11.7. The lowest BCUT2D eigenvalue weighted by Crippen LogP contribution is -2.44. The lowest BCUT2D eigenvalue weighted by Gasteiger charge is -2.33. The molecule has 1 heterocycles. The van der Waals surface area contributed by atoms with Crippen molar-refractivity contribution in [1.29, 1.82) is 0 Å². The lowest BCUT2D eigenvalue weighted by atomic mass is 9.95. The third kappa shape index (κ3) is 5.55. The molecule has 0 aromatic rings. The Morgan fingerprint density at radius 1 is 1.39 bits per heavy atom. The number of amides is 1. The van der Waals surface area contributed by atoms with Gasteiger partial charge in [0.2, 0.25) is 5.91 Å². The SMILES string of the molecule is CCN(CC)C(=O)CN1CCCC(CCN)C1.Cl. The van der Waals surface area contributed by atoms with Crippen molar-refractivity contribution in [2.75, 3.05) is 39.3 Å². The Kier molecular flexibility index (Phi) is 9.42. The van der Waals surface area contributed by atoms with Crippen molar-refractivity contribution < 1.29 is 4.79 Å². The molecule has 0 bridgehead atoms. The molecular formula is C13H28ClN3O. The highest BCUT2D eigenvalue weighted by Crippen LogP contribution is 2.18. The summed E-state index contributed by atoms with van der Waals surface area (Å²) in [7, 11) is 0. The number of rotatable bonds is 6. The van der Waals surface area contributed by atoms with E-state index < -0.39 is 0 Å². The monoisotopic (exact) mass is 277 g/mol. The average molecular weight is 278 g/mol. The third-order valence-electron chi connectivity index (χ3n) is 3.65. The molecule has 0 aromatic carbocycles. The first-order chi connectivity index (χ1) is 8.21. The molecule has 1 amide bonds. The molecule has 1 unspecified atom stereocenters. The molecule has 1 aliphatic heterocycles. The molecule has 0 saturated carbocycles. The van der Waals surface area contributed by atoms with E-state index in [1.807, 2.05) is 18.7 Å². The number of likely N-dealkylation sites (N-methyl/N-ethyl adjacent to an activating group) is 1. The molecule has 1 saturated heterocycles. The fourth-order valence-corrected chi connectivity index (χ4v) is 2.63. The molecule has 0 radical (unpaired) electrons. The van der Waals surface area contributed by atoms with Crippen molar-refractivity contribution in [2.45, 2.75) is 33.1 Å². The first kappa shape index (κ1) is 17.7. The van der Waals surface area contributed by atoms with Crippen LogP contribution < -0.4 is 5.73 Å². The van der Waals surface area contributed by atoms with Crippen molar-refractivity contribution in [3.63, 3.8) is 0 Å². The fraction of sp³-hybridized carbons (Fsp3) is 0.923. The number of piperidine rings is 1. The van der Waals surface area contributed by atoms with Crippen LogP contribution in [0.2, 0.25) is 0 Å². The summed E-state index contributed by atoms with van der Waals surface area (Å²) in [5, 5.41) is 0. The molecule has 1 fully saturated rings. The predicted octanol–water partition coefficient (Wildman–Crippen LogP) is 1.34. The van der Waals surface area contributed by atoms with Gasteiger partial charge in [0.15, 0.2) is 0 Å². The van der Waals surface area contributed by atoms with E-state index >= 15 is 0 Å². The van der Waals surface area contributed by atoms with Crippen molar-refractivity contribution in [1.82, 2.24) is 9.80 Å². The largest absolute Gasteiger partial charge is 0.342 e. The smallest absolute Gasteiger partial charge is 0.236 e. The summed E-state index contributed by atoms with van der Waals surface area (Å²) in [6, 6.07) is 0. The van der Waals surface area contributed by atoms with Gasteiger partial charge in [-0.05, 0) is 52.1 Å². The van der Waals surface area contributed by atoms with Gasteiger partial charge in [-0.15, -0.1) is 12.4 Å². The Hall–Kier alpha value is -0.320. The van der Waals surface area contributed by atoms with Crippen LogP contribution in [-0.4, -0.2) is 55.0 Å². The topological polar surface area (TPSA) is 49.6 Å². The van der Waals surface area contributed by atoms with Crippen molar-refractivity contribution in [3.05, 3.63) is 0 Å². The van der Waals surface area contributed by atoms with Crippen LogP contribution >= 0.6 is 12.4 Å². The molecule has 0 aromatic heterocycles. The van der Waals surface area contributed by atoms with Crippen molar-refractivity contribution in [2.24, 2.45) is 11.7 Å². The third-order valence-corrected chi connectivity index (χ3v) is 3.65. The fourth-order valence-electron chi connectivity index (χ4n) is 2.63. The molecule has 5 heteroatoms. The highest BCUT2D eigenvalue weighted by molar-refractivity contribution is 5.85. The first-order valence-corrected chi connectivity index (χ1v) is 6.91. The van der Waals surface area contributed by atoms with E-state index in [2.05, 4.69) is 4.90 Å². The highest BCUT2D eigenvalue weighted by Gasteiger charge is 2.22. The second-order valence-corrected chi connectivity index (χ2v) is 4.89. The van der Waals surface area contributed by atoms with Gasteiger partial charge in [-0.3, -0.25) is 9.69 Å². The van der Waals surface area contributed by atoms with Gasteiger partial charge in [-0.1, -0.05) is 0 Å². The maximum atomic E-state index is 12.0. The van der Waals surface area contributed by atoms with Crippen LogP contribution in [0.3, 0.4) is 0 Å². The number of carbonyl (C=O) groups is 1. The maximum absolute atomic E-state index is 12.0. The van der Waals surface area contributed by atoms with Crippen LogP contribution in [0.15, 0.2) is 0 Å². The molecule has 0 spiro atoms. The lowest BCUT2D eigenvalue weighted by molar-refractivity contribution is -0.132. The highest BCUT2D eigenvalue weighted by atomic mass is 35.5. The van der Waals surface area contributed by atoms with Crippen LogP contribution in [0.5, 0.6) is 0 Å². The number of nitrogens with zero attached hydrogens (tertiary/aromatic N) is 2. The Morgan fingerprint density at radius 2 is 2.06 bits per heavy atom. The van der Waals surface area contributed by atoms with Crippen LogP contribution in [0.25, 0.3) is 0 Å². The summed E-state index contributed by atoms with van der Waals surface area (Å²) < 4.78 is 0. The Bertz CT molecular complexity index is 232. The van der Waals surface area contributed by atoms with Crippen molar-refractivity contribution >= 4 is 18.3 Å². The molecule has 1 rings (SSSR count). The quantitative estimate of drug-likeness (QED) is 0.797. The number of carbonyl (C=O) groups excluding carboxylic acids is 1. The van der Waals surface area contributed by atoms with Crippen LogP contribution in [0.4, 0.5) is 0 Å². The molecular weight excluding hydrogens is 250 g/mol. The molecule has 4 nitrogen and oxygen atoms in total. The van der Waals surface area contributed by atoms with E-state index in [1.165, 1.54) is 12.8 Å². The minimum atomic E-state index is 0. The number of hydrogen-bond acceptors (Lipinski definition) is 3. The van der Waals surface area contributed by atoms with E-state index in [-0.39, 0.29) is 18.3 Å². The van der Waals surface area contributed by atoms with Gasteiger partial charge >= 0.3 is 0 Å². The molecule has 0 aliphatic carbocycles. The minimum Gasteiger partial charge on any atom is -0.342 e. The number of hydrogen-bond donors (Lipinski definition) is 1. The van der Waals surface area contributed by atoms with E-state index in [9.17, 15) is 4.79 Å². The summed E-state index contributed by atoms with van der Waals surface area (Å²) in [4.78, 5) is 16.2. The Morgan fingerprint density at radius 3 is 2.61 bits per heavy atom. The summed E-state index contributed by atoms with van der Waals surface area (Å²) in [5.41, 5.74) is 5.60. The molecule has 1 atom stereocenters. The second-order valence-electron chi connectivity index (χ2n) is 4.89. The average Bonchev–Trinajstić information content (AvgIpc) is 2.31. The standard InChI is InChI=1S/C13H27N3O.ClH/c1-3-16(4-2)13(17)11-15-9-5-6-12(10-15)7-8-14;/h12H,3-11,14H2,1-2H3;1H. The summed E-state index contributed by atoms with van der Waals surface area (Å²) >= 11 is 0.